The predicted octanol–water partition coefficient (Wildman–Crippen LogP) is 1.93. The summed E-state index contributed by atoms with van der Waals surface area (Å²) in [5.74, 6) is 0.844. The van der Waals surface area contributed by atoms with Crippen molar-refractivity contribution in [3.8, 4) is 0 Å². The molecule has 0 aliphatic rings. The second-order valence-corrected chi connectivity index (χ2v) is 5.30. The Labute approximate surface area is 107 Å². The first-order valence-electron chi connectivity index (χ1n) is 5.00. The topological polar surface area (TPSA) is 88.5 Å². The van der Waals surface area contributed by atoms with Gasteiger partial charge in [-0.1, -0.05) is 18.7 Å². The molecule has 2 rings (SSSR count). The third kappa shape index (κ3) is 3.01. The molecular formula is C10H11N5S2. The quantitative estimate of drug-likeness (QED) is 0.651. The molecule has 88 valence electrons. The maximum atomic E-state index is 7.24. The van der Waals surface area contributed by atoms with Crippen molar-refractivity contribution in [2.24, 2.45) is 5.73 Å². The average molecular weight is 265 g/mol. The summed E-state index contributed by atoms with van der Waals surface area (Å²) in [5.41, 5.74) is 5.82. The van der Waals surface area contributed by atoms with Crippen molar-refractivity contribution in [1.82, 2.24) is 14.3 Å². The first kappa shape index (κ1) is 12.0. The molecule has 7 heteroatoms. The normalized spacial score (nSPS) is 10.4. The second kappa shape index (κ2) is 5.24. The maximum absolute atomic E-state index is 7.24. The van der Waals surface area contributed by atoms with Crippen LogP contribution in [0.2, 0.25) is 0 Å². The van der Waals surface area contributed by atoms with Crippen molar-refractivity contribution < 1.29 is 0 Å². The summed E-state index contributed by atoms with van der Waals surface area (Å²) in [5, 5.41) is 7.24. The molecule has 0 atom stereocenters. The highest BCUT2D eigenvalue weighted by molar-refractivity contribution is 8.01. The molecule has 2 aromatic rings. The summed E-state index contributed by atoms with van der Waals surface area (Å²) in [7, 11) is 0. The summed E-state index contributed by atoms with van der Waals surface area (Å²) in [6.07, 6.45) is 2.53. The van der Waals surface area contributed by atoms with E-state index in [1.165, 1.54) is 23.3 Å². The summed E-state index contributed by atoms with van der Waals surface area (Å²) < 4.78 is 5.11. The van der Waals surface area contributed by atoms with Crippen LogP contribution in [0.25, 0.3) is 0 Å². The highest BCUT2D eigenvalue weighted by Crippen LogP contribution is 2.28. The van der Waals surface area contributed by atoms with Gasteiger partial charge in [-0.2, -0.15) is 4.37 Å². The van der Waals surface area contributed by atoms with Crippen molar-refractivity contribution >= 4 is 29.1 Å². The number of nitrogens with one attached hydrogen (secondary N) is 1. The van der Waals surface area contributed by atoms with E-state index in [1.807, 2.05) is 13.0 Å². The van der Waals surface area contributed by atoms with E-state index >= 15 is 0 Å². The van der Waals surface area contributed by atoms with Crippen LogP contribution in [0.15, 0.2) is 27.6 Å². The van der Waals surface area contributed by atoms with Gasteiger partial charge in [0.05, 0.1) is 0 Å². The predicted molar refractivity (Wildman–Crippen MR) is 68.7 cm³/mol. The van der Waals surface area contributed by atoms with Crippen LogP contribution in [-0.4, -0.2) is 20.2 Å². The second-order valence-electron chi connectivity index (χ2n) is 3.22. The number of hydrogen-bond acceptors (Lipinski definition) is 6. The number of nitrogens with zero attached hydrogens (tertiary/aromatic N) is 3. The monoisotopic (exact) mass is 265 g/mol. The van der Waals surface area contributed by atoms with Gasteiger partial charge >= 0.3 is 0 Å². The third-order valence-electron chi connectivity index (χ3n) is 1.98. The molecule has 0 aromatic carbocycles. The van der Waals surface area contributed by atoms with Gasteiger partial charge in [0.15, 0.2) is 4.34 Å². The minimum absolute atomic E-state index is 0.0225. The molecule has 0 aliphatic heterocycles. The summed E-state index contributed by atoms with van der Waals surface area (Å²) in [4.78, 5) is 9.41. The van der Waals surface area contributed by atoms with Gasteiger partial charge in [-0.3, -0.25) is 10.4 Å². The van der Waals surface area contributed by atoms with E-state index in [2.05, 4.69) is 14.3 Å². The van der Waals surface area contributed by atoms with Gasteiger partial charge in [0, 0.05) is 17.5 Å². The van der Waals surface area contributed by atoms with E-state index in [0.29, 0.717) is 5.69 Å². The Morgan fingerprint density at radius 1 is 1.53 bits per heavy atom. The number of hydrogen-bond donors (Lipinski definition) is 2. The lowest BCUT2D eigenvalue weighted by Gasteiger charge is -1.99. The zero-order valence-electron chi connectivity index (χ0n) is 9.17. The fraction of sp³-hybridized carbons (Fsp3) is 0.200. The molecule has 0 spiro atoms. The standard InChI is InChI=1S/C10H11N5S2/c1-2-8-14-10(17-15-8)16-6-3-4-7(9(11)12)13-5-6/h3-5H,2H2,1H3,(H3,11,12). The molecule has 0 fully saturated rings. The van der Waals surface area contributed by atoms with Crippen LogP contribution >= 0.6 is 23.3 Å². The Kier molecular flexibility index (Phi) is 3.70. The molecular weight excluding hydrogens is 254 g/mol. The van der Waals surface area contributed by atoms with Crippen LogP contribution in [0.5, 0.6) is 0 Å². The van der Waals surface area contributed by atoms with Crippen LogP contribution in [0.4, 0.5) is 0 Å². The number of nitrogens with two attached hydrogens (primary N) is 1. The summed E-state index contributed by atoms with van der Waals surface area (Å²) >= 11 is 2.90. The molecule has 0 aliphatic carbocycles. The zero-order chi connectivity index (χ0) is 12.3. The van der Waals surface area contributed by atoms with E-state index < -0.39 is 0 Å². The van der Waals surface area contributed by atoms with E-state index in [0.717, 1.165) is 21.5 Å². The van der Waals surface area contributed by atoms with E-state index in [1.54, 1.807) is 12.3 Å². The number of nitrogen functional groups attached to an aromatic ring is 1. The fourth-order valence-electron chi connectivity index (χ4n) is 1.12. The lowest BCUT2D eigenvalue weighted by molar-refractivity contribution is 0.971. The Bertz CT molecular complexity index is 520. The van der Waals surface area contributed by atoms with Gasteiger partial charge in [0.1, 0.15) is 17.4 Å². The molecule has 3 N–H and O–H groups in total. The van der Waals surface area contributed by atoms with E-state index in [9.17, 15) is 0 Å². The molecule has 17 heavy (non-hydrogen) atoms. The molecule has 0 saturated carbocycles. The lowest BCUT2D eigenvalue weighted by atomic mass is 10.3. The summed E-state index contributed by atoms with van der Waals surface area (Å²) in [6.45, 7) is 2.03. The Balaban J connectivity index is 2.10. The van der Waals surface area contributed by atoms with Crippen LogP contribution in [0, 0.1) is 5.41 Å². The highest BCUT2D eigenvalue weighted by Gasteiger charge is 2.05. The van der Waals surface area contributed by atoms with Crippen molar-refractivity contribution in [2.75, 3.05) is 0 Å². The number of aromatic nitrogens is 3. The van der Waals surface area contributed by atoms with E-state index in [-0.39, 0.29) is 5.84 Å². The number of aryl methyl sites for hydroxylation is 1. The largest absolute Gasteiger partial charge is 0.382 e. The van der Waals surface area contributed by atoms with Crippen molar-refractivity contribution in [2.45, 2.75) is 22.6 Å². The molecule has 0 radical (unpaired) electrons. The average Bonchev–Trinajstić information content (AvgIpc) is 2.77. The van der Waals surface area contributed by atoms with Gasteiger partial charge < -0.3 is 5.73 Å². The van der Waals surface area contributed by atoms with Gasteiger partial charge in [-0.15, -0.1) is 0 Å². The number of rotatable bonds is 4. The SMILES string of the molecule is CCc1nsc(Sc2ccc(C(=N)N)nc2)n1. The summed E-state index contributed by atoms with van der Waals surface area (Å²) in [6, 6.07) is 3.61. The smallest absolute Gasteiger partial charge is 0.174 e. The van der Waals surface area contributed by atoms with Gasteiger partial charge in [-0.05, 0) is 23.7 Å². The van der Waals surface area contributed by atoms with Crippen LogP contribution < -0.4 is 5.73 Å². The first-order valence-corrected chi connectivity index (χ1v) is 6.59. The van der Waals surface area contributed by atoms with Crippen LogP contribution in [0.3, 0.4) is 0 Å². The first-order chi connectivity index (χ1) is 8.19. The third-order valence-corrected chi connectivity index (χ3v) is 3.75. The number of amidine groups is 1. The molecule has 2 heterocycles. The van der Waals surface area contributed by atoms with Gasteiger partial charge in [0.25, 0.3) is 0 Å². The van der Waals surface area contributed by atoms with Crippen molar-refractivity contribution in [1.29, 1.82) is 5.41 Å². The Hall–Kier alpha value is -1.47. The van der Waals surface area contributed by atoms with Gasteiger partial charge in [0.2, 0.25) is 0 Å². The van der Waals surface area contributed by atoms with Crippen LogP contribution in [-0.2, 0) is 6.42 Å². The molecule has 0 saturated heterocycles. The van der Waals surface area contributed by atoms with E-state index in [4.69, 9.17) is 11.1 Å². The minimum Gasteiger partial charge on any atom is -0.382 e. The molecule has 5 nitrogen and oxygen atoms in total. The highest BCUT2D eigenvalue weighted by atomic mass is 32.2. The van der Waals surface area contributed by atoms with Gasteiger partial charge in [-0.25, -0.2) is 4.98 Å². The molecule has 2 aromatic heterocycles. The molecule has 0 amide bonds. The minimum atomic E-state index is -0.0225. The van der Waals surface area contributed by atoms with Crippen LogP contribution in [0.1, 0.15) is 18.4 Å². The molecule has 0 bridgehead atoms. The zero-order valence-corrected chi connectivity index (χ0v) is 10.8. The molecule has 0 unspecified atom stereocenters. The maximum Gasteiger partial charge on any atom is 0.174 e. The Morgan fingerprint density at radius 3 is 2.88 bits per heavy atom. The van der Waals surface area contributed by atoms with Crippen molar-refractivity contribution in [3.05, 3.63) is 29.8 Å². The van der Waals surface area contributed by atoms with Crippen molar-refractivity contribution in [3.63, 3.8) is 0 Å². The Morgan fingerprint density at radius 2 is 2.35 bits per heavy atom. The fourth-order valence-corrected chi connectivity index (χ4v) is 2.77. The number of pyridine rings is 1. The lowest BCUT2D eigenvalue weighted by Crippen LogP contribution is -2.12.